The Hall–Kier alpha value is -4.73. The molecule has 0 saturated carbocycles. The van der Waals surface area contributed by atoms with Crippen molar-refractivity contribution in [2.24, 2.45) is 5.10 Å². The number of nitrogens with one attached hydrogen (secondary N) is 3. The Morgan fingerprint density at radius 2 is 1.56 bits per heavy atom. The highest BCUT2D eigenvalue weighted by molar-refractivity contribution is 6.39. The first-order valence-corrected chi connectivity index (χ1v) is 11.0. The van der Waals surface area contributed by atoms with E-state index < -0.39 is 17.6 Å². The van der Waals surface area contributed by atoms with Crippen LogP contribution in [0.3, 0.4) is 0 Å². The molecule has 0 aromatic heterocycles. The van der Waals surface area contributed by atoms with Gasteiger partial charge in [-0.1, -0.05) is 19.1 Å². The van der Waals surface area contributed by atoms with Gasteiger partial charge in [-0.2, -0.15) is 5.10 Å². The van der Waals surface area contributed by atoms with E-state index in [1.165, 1.54) is 31.0 Å². The molecule has 9 nitrogen and oxygen atoms in total. The molecule has 0 aliphatic carbocycles. The average Bonchev–Trinajstić information content (AvgIpc) is 2.89. The number of carbonyl (C=O) groups excluding carboxylic acids is 3. The zero-order chi connectivity index (χ0) is 25.9. The number of hydrazone groups is 1. The molecule has 3 rings (SSSR count). The van der Waals surface area contributed by atoms with Crippen LogP contribution >= 0.6 is 0 Å². The van der Waals surface area contributed by atoms with E-state index in [-0.39, 0.29) is 18.2 Å². The molecule has 0 unspecified atom stereocenters. The van der Waals surface area contributed by atoms with Gasteiger partial charge in [0.25, 0.3) is 5.91 Å². The lowest BCUT2D eigenvalue weighted by Gasteiger charge is -2.11. The number of anilines is 2. The van der Waals surface area contributed by atoms with E-state index in [1.54, 1.807) is 18.2 Å². The molecular weight excluding hydrogens is 467 g/mol. The lowest BCUT2D eigenvalue weighted by Crippen LogP contribution is -2.32. The molecule has 0 aliphatic rings. The van der Waals surface area contributed by atoms with E-state index in [9.17, 15) is 18.8 Å². The zero-order valence-corrected chi connectivity index (χ0v) is 19.7. The maximum atomic E-state index is 12.9. The fourth-order valence-corrected chi connectivity index (χ4v) is 2.99. The highest BCUT2D eigenvalue weighted by Gasteiger charge is 2.13. The van der Waals surface area contributed by atoms with Crippen molar-refractivity contribution in [3.8, 4) is 11.5 Å². The summed E-state index contributed by atoms with van der Waals surface area (Å²) < 4.78 is 23.8. The molecule has 36 heavy (non-hydrogen) atoms. The van der Waals surface area contributed by atoms with E-state index >= 15 is 0 Å². The number of aryl methyl sites for hydroxylation is 1. The summed E-state index contributed by atoms with van der Waals surface area (Å²) in [6.45, 7) is 1.83. The number of hydrogen-bond acceptors (Lipinski definition) is 6. The Bertz CT molecular complexity index is 1240. The van der Waals surface area contributed by atoms with Gasteiger partial charge in [0.05, 0.1) is 13.3 Å². The molecule has 0 saturated heterocycles. The highest BCUT2D eigenvalue weighted by Crippen LogP contribution is 2.27. The van der Waals surface area contributed by atoms with Gasteiger partial charge in [0.1, 0.15) is 5.82 Å². The largest absolute Gasteiger partial charge is 0.493 e. The van der Waals surface area contributed by atoms with Crippen molar-refractivity contribution in [2.45, 2.75) is 13.3 Å². The third-order valence-electron chi connectivity index (χ3n) is 4.88. The average molecular weight is 493 g/mol. The molecule has 0 heterocycles. The summed E-state index contributed by atoms with van der Waals surface area (Å²) in [4.78, 5) is 36.0. The first kappa shape index (κ1) is 25.9. The molecule has 0 spiro atoms. The third-order valence-corrected chi connectivity index (χ3v) is 4.88. The third kappa shape index (κ3) is 7.66. The summed E-state index contributed by atoms with van der Waals surface area (Å²) in [6.07, 6.45) is 2.22. The lowest BCUT2D eigenvalue weighted by atomic mass is 10.1. The highest BCUT2D eigenvalue weighted by atomic mass is 19.1. The number of nitrogens with zero attached hydrogens (tertiary/aromatic N) is 1. The van der Waals surface area contributed by atoms with Gasteiger partial charge < -0.3 is 20.1 Å². The van der Waals surface area contributed by atoms with Crippen LogP contribution < -0.4 is 25.5 Å². The number of amides is 3. The van der Waals surface area contributed by atoms with Gasteiger partial charge in [-0.15, -0.1) is 0 Å². The molecule has 3 aromatic rings. The van der Waals surface area contributed by atoms with Crippen molar-refractivity contribution in [3.05, 3.63) is 83.7 Å². The van der Waals surface area contributed by atoms with E-state index in [0.717, 1.165) is 18.6 Å². The SMILES string of the molecule is CCc1ccc(NC(=O)COc2ccc(/C=N\NC(=O)C(=O)Nc3ccc(F)cc3)cc2OC)cc1. The van der Waals surface area contributed by atoms with Gasteiger partial charge >= 0.3 is 11.8 Å². The van der Waals surface area contributed by atoms with Gasteiger partial charge in [-0.3, -0.25) is 14.4 Å². The Balaban J connectivity index is 1.51. The molecule has 0 bridgehead atoms. The normalized spacial score (nSPS) is 10.5. The van der Waals surface area contributed by atoms with Crippen LogP contribution in [0.1, 0.15) is 18.1 Å². The molecule has 0 aliphatic heterocycles. The van der Waals surface area contributed by atoms with Crippen LogP contribution in [-0.4, -0.2) is 37.7 Å². The zero-order valence-electron chi connectivity index (χ0n) is 19.7. The summed E-state index contributed by atoms with van der Waals surface area (Å²) in [5.74, 6) is -2.06. The van der Waals surface area contributed by atoms with Crippen LogP contribution in [0.4, 0.5) is 15.8 Å². The summed E-state index contributed by atoms with van der Waals surface area (Å²) in [5, 5.41) is 8.84. The smallest absolute Gasteiger partial charge is 0.329 e. The molecule has 0 atom stereocenters. The maximum Gasteiger partial charge on any atom is 0.329 e. The monoisotopic (exact) mass is 492 g/mol. The number of rotatable bonds is 9. The fraction of sp³-hybridized carbons (Fsp3) is 0.154. The molecule has 3 amide bonds. The van der Waals surface area contributed by atoms with E-state index in [1.807, 2.05) is 24.3 Å². The molecule has 3 aromatic carbocycles. The fourth-order valence-electron chi connectivity index (χ4n) is 2.99. The number of carbonyl (C=O) groups is 3. The summed E-state index contributed by atoms with van der Waals surface area (Å²) in [5.41, 5.74) is 4.76. The number of benzene rings is 3. The second kappa shape index (κ2) is 12.7. The molecular formula is C26H25FN4O5. The molecule has 186 valence electrons. The second-order valence-corrected chi connectivity index (χ2v) is 7.46. The topological polar surface area (TPSA) is 118 Å². The minimum atomic E-state index is -1.00. The van der Waals surface area contributed by atoms with Crippen molar-refractivity contribution in [3.63, 3.8) is 0 Å². The quantitative estimate of drug-likeness (QED) is 0.240. The predicted octanol–water partition coefficient (Wildman–Crippen LogP) is 3.50. The van der Waals surface area contributed by atoms with Crippen molar-refractivity contribution >= 4 is 35.3 Å². The second-order valence-electron chi connectivity index (χ2n) is 7.46. The first-order valence-electron chi connectivity index (χ1n) is 11.0. The summed E-state index contributed by atoms with van der Waals surface area (Å²) in [6, 6.07) is 17.3. The standard InChI is InChI=1S/C26H25FN4O5/c1-3-17-4-9-20(10-5-17)29-24(32)16-36-22-13-6-18(14-23(22)35-2)15-28-31-26(34)25(33)30-21-11-7-19(27)8-12-21/h4-15H,3,16H2,1-2H3,(H,29,32)(H,30,33)(H,31,34)/b28-15-. The molecule has 10 heteroatoms. The Kier molecular flexibility index (Phi) is 9.10. The number of halogens is 1. The molecule has 3 N–H and O–H groups in total. The van der Waals surface area contributed by atoms with Gasteiger partial charge in [0, 0.05) is 11.4 Å². The van der Waals surface area contributed by atoms with Crippen LogP contribution in [0.5, 0.6) is 11.5 Å². The van der Waals surface area contributed by atoms with E-state index in [0.29, 0.717) is 22.7 Å². The summed E-state index contributed by atoms with van der Waals surface area (Å²) >= 11 is 0. The number of ether oxygens (including phenoxy) is 2. The van der Waals surface area contributed by atoms with Gasteiger partial charge in [0.2, 0.25) is 0 Å². The van der Waals surface area contributed by atoms with E-state index in [4.69, 9.17) is 9.47 Å². The maximum absolute atomic E-state index is 12.9. The summed E-state index contributed by atoms with van der Waals surface area (Å²) in [7, 11) is 1.44. The van der Waals surface area contributed by atoms with Crippen molar-refractivity contribution in [2.75, 3.05) is 24.4 Å². The van der Waals surface area contributed by atoms with Crippen LogP contribution in [0, 0.1) is 5.82 Å². The van der Waals surface area contributed by atoms with E-state index in [2.05, 4.69) is 28.1 Å². The van der Waals surface area contributed by atoms with Crippen LogP contribution in [0.15, 0.2) is 71.8 Å². The molecule has 0 fully saturated rings. The predicted molar refractivity (Wildman–Crippen MR) is 134 cm³/mol. The first-order chi connectivity index (χ1) is 17.4. The van der Waals surface area contributed by atoms with Gasteiger partial charge in [-0.05, 0) is 72.1 Å². The van der Waals surface area contributed by atoms with Gasteiger partial charge in [0.15, 0.2) is 18.1 Å². The number of methoxy groups -OCH3 is 1. The van der Waals surface area contributed by atoms with Crippen molar-refractivity contribution < 1.29 is 28.2 Å². The Labute approximate surface area is 207 Å². The Morgan fingerprint density at radius 3 is 2.22 bits per heavy atom. The minimum Gasteiger partial charge on any atom is -0.493 e. The number of hydrogen-bond donors (Lipinski definition) is 3. The van der Waals surface area contributed by atoms with Crippen LogP contribution in [0.2, 0.25) is 0 Å². The van der Waals surface area contributed by atoms with Crippen molar-refractivity contribution in [1.82, 2.24) is 5.43 Å². The van der Waals surface area contributed by atoms with Crippen LogP contribution in [0.25, 0.3) is 0 Å². The Morgan fingerprint density at radius 1 is 0.889 bits per heavy atom. The lowest BCUT2D eigenvalue weighted by molar-refractivity contribution is -0.136. The van der Waals surface area contributed by atoms with Crippen molar-refractivity contribution in [1.29, 1.82) is 0 Å². The van der Waals surface area contributed by atoms with Crippen LogP contribution in [-0.2, 0) is 20.8 Å². The molecule has 0 radical (unpaired) electrons. The van der Waals surface area contributed by atoms with Gasteiger partial charge in [-0.25, -0.2) is 9.82 Å². The minimum absolute atomic E-state index is 0.224.